The van der Waals surface area contributed by atoms with Crippen LogP contribution in [0.1, 0.15) is 31.8 Å². The zero-order valence-electron chi connectivity index (χ0n) is 11.1. The van der Waals surface area contributed by atoms with Gasteiger partial charge in [0.25, 0.3) is 0 Å². The highest BCUT2D eigenvalue weighted by Crippen LogP contribution is 2.38. The van der Waals surface area contributed by atoms with E-state index in [0.717, 1.165) is 44.4 Å². The molecule has 1 aliphatic heterocycles. The van der Waals surface area contributed by atoms with Crippen LogP contribution in [0.3, 0.4) is 0 Å². The minimum atomic E-state index is -0.00574. The van der Waals surface area contributed by atoms with E-state index >= 15 is 0 Å². The maximum absolute atomic E-state index is 12.4. The van der Waals surface area contributed by atoms with Gasteiger partial charge in [-0.15, -0.1) is 0 Å². The van der Waals surface area contributed by atoms with Crippen molar-refractivity contribution in [1.29, 1.82) is 0 Å². The summed E-state index contributed by atoms with van der Waals surface area (Å²) in [5.74, 6) is 0. The number of aryl methyl sites for hydroxylation is 2. The van der Waals surface area contributed by atoms with Crippen LogP contribution >= 0.6 is 23.5 Å². The second kappa shape index (κ2) is 5.11. The Morgan fingerprint density at radius 3 is 1.50 bits per heavy atom. The quantitative estimate of drug-likeness (QED) is 0.718. The molecule has 3 rings (SSSR count). The van der Waals surface area contributed by atoms with Crippen molar-refractivity contribution in [2.75, 3.05) is 0 Å². The van der Waals surface area contributed by atoms with Crippen LogP contribution in [0.15, 0.2) is 46.2 Å². The molecule has 0 saturated heterocycles. The summed E-state index contributed by atoms with van der Waals surface area (Å²) in [6.45, 7) is 3.89. The standard InChI is InChI=1S/C16H12O2S2/c1-9-3-5-13-11(7-9)15(17)20-14-6-4-10(2)8-12(14)16(18)19-13/h3-8H,1-2H3. The molecule has 0 atom stereocenters. The Morgan fingerprint density at radius 2 is 1.10 bits per heavy atom. The molecule has 0 N–H and O–H groups in total. The zero-order chi connectivity index (χ0) is 14.3. The van der Waals surface area contributed by atoms with Crippen LogP contribution in [-0.2, 0) is 0 Å². The number of fused-ring (bicyclic) bond motifs is 2. The molecule has 20 heavy (non-hydrogen) atoms. The summed E-state index contributed by atoms with van der Waals surface area (Å²) in [6, 6.07) is 11.3. The molecule has 0 aliphatic carbocycles. The van der Waals surface area contributed by atoms with E-state index in [4.69, 9.17) is 0 Å². The average Bonchev–Trinajstić information content (AvgIpc) is 2.41. The molecule has 2 aromatic rings. The first-order valence-electron chi connectivity index (χ1n) is 6.20. The molecule has 2 nitrogen and oxygen atoms in total. The highest BCUT2D eigenvalue weighted by Gasteiger charge is 2.24. The molecule has 0 aromatic heterocycles. The summed E-state index contributed by atoms with van der Waals surface area (Å²) in [5.41, 5.74) is 3.30. The second-order valence-electron chi connectivity index (χ2n) is 4.78. The Morgan fingerprint density at radius 1 is 0.700 bits per heavy atom. The lowest BCUT2D eigenvalue weighted by molar-refractivity contribution is 0.108. The second-order valence-corrected chi connectivity index (χ2v) is 6.81. The number of carbonyl (C=O) groups is 2. The van der Waals surface area contributed by atoms with Gasteiger partial charge in [0.15, 0.2) is 0 Å². The summed E-state index contributed by atoms with van der Waals surface area (Å²) < 4.78 is 0. The first-order valence-corrected chi connectivity index (χ1v) is 7.83. The first kappa shape index (κ1) is 13.5. The molecule has 0 spiro atoms. The summed E-state index contributed by atoms with van der Waals surface area (Å²) in [5, 5.41) is -0.0115. The molecule has 100 valence electrons. The molecule has 0 unspecified atom stereocenters. The van der Waals surface area contributed by atoms with Crippen molar-refractivity contribution in [3.05, 3.63) is 58.7 Å². The predicted octanol–water partition coefficient (Wildman–Crippen LogP) is 4.48. The van der Waals surface area contributed by atoms with Gasteiger partial charge in [0.05, 0.1) is 0 Å². The van der Waals surface area contributed by atoms with E-state index in [9.17, 15) is 9.59 Å². The molecular weight excluding hydrogens is 288 g/mol. The summed E-state index contributed by atoms with van der Waals surface area (Å²) >= 11 is 2.27. The Labute approximate surface area is 126 Å². The SMILES string of the molecule is Cc1ccc2c(c1)C(=O)Sc1ccc(C)cc1C(=O)S2. The molecule has 0 amide bonds. The van der Waals surface area contributed by atoms with Crippen molar-refractivity contribution in [2.24, 2.45) is 0 Å². The van der Waals surface area contributed by atoms with Gasteiger partial charge in [0, 0.05) is 20.9 Å². The van der Waals surface area contributed by atoms with E-state index in [1.165, 1.54) is 0 Å². The summed E-state index contributed by atoms with van der Waals surface area (Å²) in [4.78, 5) is 26.3. The minimum absolute atomic E-state index is 0.00574. The Kier molecular flexibility index (Phi) is 3.44. The van der Waals surface area contributed by atoms with Gasteiger partial charge in [0.1, 0.15) is 0 Å². The molecule has 0 saturated carbocycles. The van der Waals surface area contributed by atoms with Crippen molar-refractivity contribution in [1.82, 2.24) is 0 Å². The van der Waals surface area contributed by atoms with Gasteiger partial charge in [-0.1, -0.05) is 23.3 Å². The van der Waals surface area contributed by atoms with Gasteiger partial charge in [-0.25, -0.2) is 0 Å². The molecule has 1 heterocycles. The fraction of sp³-hybridized carbons (Fsp3) is 0.125. The van der Waals surface area contributed by atoms with Gasteiger partial charge in [-0.05, 0) is 61.6 Å². The lowest BCUT2D eigenvalue weighted by Crippen LogP contribution is -2.06. The third-order valence-corrected chi connectivity index (χ3v) is 5.08. The van der Waals surface area contributed by atoms with E-state index in [1.54, 1.807) is 0 Å². The lowest BCUT2D eigenvalue weighted by Gasteiger charge is -2.15. The van der Waals surface area contributed by atoms with E-state index in [0.29, 0.717) is 11.1 Å². The minimum Gasteiger partial charge on any atom is -0.281 e. The van der Waals surface area contributed by atoms with Gasteiger partial charge in [-0.3, -0.25) is 9.59 Å². The fourth-order valence-corrected chi connectivity index (χ4v) is 3.98. The van der Waals surface area contributed by atoms with Crippen molar-refractivity contribution in [2.45, 2.75) is 23.6 Å². The zero-order valence-corrected chi connectivity index (χ0v) is 12.7. The van der Waals surface area contributed by atoms with E-state index in [1.807, 2.05) is 50.2 Å². The maximum atomic E-state index is 12.4. The number of thioether (sulfide) groups is 2. The molecule has 2 aromatic carbocycles. The molecule has 1 aliphatic rings. The molecule has 0 radical (unpaired) electrons. The van der Waals surface area contributed by atoms with Gasteiger partial charge in [0.2, 0.25) is 10.2 Å². The third-order valence-electron chi connectivity index (χ3n) is 3.12. The fourth-order valence-electron chi connectivity index (χ4n) is 2.09. The Bertz CT molecular complexity index is 672. The van der Waals surface area contributed by atoms with Crippen molar-refractivity contribution in [3.8, 4) is 0 Å². The van der Waals surface area contributed by atoms with Crippen LogP contribution in [0.4, 0.5) is 0 Å². The van der Waals surface area contributed by atoms with Crippen molar-refractivity contribution >= 4 is 33.8 Å². The monoisotopic (exact) mass is 300 g/mol. The molecule has 0 fully saturated rings. The number of hydrogen-bond donors (Lipinski definition) is 0. The van der Waals surface area contributed by atoms with Crippen LogP contribution < -0.4 is 0 Å². The van der Waals surface area contributed by atoms with E-state index in [2.05, 4.69) is 0 Å². The highest BCUT2D eigenvalue weighted by atomic mass is 32.2. The predicted molar refractivity (Wildman–Crippen MR) is 82.7 cm³/mol. The van der Waals surface area contributed by atoms with Crippen LogP contribution in [0.2, 0.25) is 0 Å². The average molecular weight is 300 g/mol. The maximum Gasteiger partial charge on any atom is 0.225 e. The normalized spacial score (nSPS) is 14.3. The Balaban J connectivity index is 2.15. The van der Waals surface area contributed by atoms with Crippen LogP contribution in [0.25, 0.3) is 0 Å². The van der Waals surface area contributed by atoms with E-state index < -0.39 is 0 Å². The van der Waals surface area contributed by atoms with Crippen LogP contribution in [-0.4, -0.2) is 10.2 Å². The highest BCUT2D eigenvalue weighted by molar-refractivity contribution is 8.16. The molecule has 4 heteroatoms. The smallest absolute Gasteiger partial charge is 0.225 e. The van der Waals surface area contributed by atoms with Crippen LogP contribution in [0.5, 0.6) is 0 Å². The number of hydrogen-bond acceptors (Lipinski definition) is 4. The summed E-state index contributed by atoms with van der Waals surface area (Å²) in [7, 11) is 0. The van der Waals surface area contributed by atoms with Gasteiger partial charge < -0.3 is 0 Å². The molecular formula is C16H12O2S2. The first-order chi connectivity index (χ1) is 9.54. The molecule has 0 bridgehead atoms. The number of rotatable bonds is 0. The third kappa shape index (κ3) is 2.41. The lowest BCUT2D eigenvalue weighted by atomic mass is 10.1. The topological polar surface area (TPSA) is 34.1 Å². The Hall–Kier alpha value is -1.52. The van der Waals surface area contributed by atoms with E-state index in [-0.39, 0.29) is 10.2 Å². The number of carbonyl (C=O) groups excluding carboxylic acids is 2. The van der Waals surface area contributed by atoms with Gasteiger partial charge >= 0.3 is 0 Å². The van der Waals surface area contributed by atoms with Crippen molar-refractivity contribution < 1.29 is 9.59 Å². The van der Waals surface area contributed by atoms with Gasteiger partial charge in [-0.2, -0.15) is 0 Å². The van der Waals surface area contributed by atoms with Crippen molar-refractivity contribution in [3.63, 3.8) is 0 Å². The summed E-state index contributed by atoms with van der Waals surface area (Å²) in [6.07, 6.45) is 0. The van der Waals surface area contributed by atoms with Crippen LogP contribution in [0, 0.1) is 13.8 Å². The largest absolute Gasteiger partial charge is 0.281 e. The number of benzene rings is 2.